The Morgan fingerprint density at radius 2 is 2.18 bits per heavy atom. The van der Waals surface area contributed by atoms with Crippen LogP contribution in [0.3, 0.4) is 0 Å². The Morgan fingerprint density at radius 3 is 2.88 bits per heavy atom. The first kappa shape index (κ1) is 12.3. The van der Waals surface area contributed by atoms with E-state index in [1.54, 1.807) is 6.07 Å². The molecule has 2 atom stereocenters. The Morgan fingerprint density at radius 1 is 1.35 bits per heavy atom. The van der Waals surface area contributed by atoms with Crippen LogP contribution in [-0.4, -0.2) is 11.7 Å². The number of phenolic OH excluding ortho intramolecular Hbond substituents is 1. The van der Waals surface area contributed by atoms with Gasteiger partial charge in [0.15, 0.2) is 0 Å². The second-order valence-electron chi connectivity index (χ2n) is 5.52. The van der Waals surface area contributed by atoms with Crippen molar-refractivity contribution < 1.29 is 5.11 Å². The number of aromatic hydroxyl groups is 1. The summed E-state index contributed by atoms with van der Waals surface area (Å²) in [7, 11) is 0. The fraction of sp³-hybridized carbons (Fsp3) is 0.600. The summed E-state index contributed by atoms with van der Waals surface area (Å²) < 4.78 is 0. The van der Waals surface area contributed by atoms with E-state index in [1.807, 2.05) is 19.1 Å². The first-order chi connectivity index (χ1) is 8.15. The molecule has 2 heteroatoms. The largest absolute Gasteiger partial charge is 0.508 e. The van der Waals surface area contributed by atoms with Gasteiger partial charge in [0.25, 0.3) is 0 Å². The third-order valence-corrected chi connectivity index (χ3v) is 3.84. The highest BCUT2D eigenvalue weighted by Gasteiger charge is 2.18. The quantitative estimate of drug-likeness (QED) is 0.775. The molecule has 1 aromatic carbocycles. The van der Waals surface area contributed by atoms with E-state index in [1.165, 1.54) is 25.7 Å². The average Bonchev–Trinajstić information content (AvgIpc) is 2.31. The maximum atomic E-state index is 9.47. The van der Waals surface area contributed by atoms with E-state index in [4.69, 9.17) is 0 Å². The first-order valence-electron chi connectivity index (χ1n) is 6.68. The third-order valence-electron chi connectivity index (χ3n) is 3.84. The highest BCUT2D eigenvalue weighted by atomic mass is 16.3. The molecule has 0 amide bonds. The molecule has 1 aromatic rings. The summed E-state index contributed by atoms with van der Waals surface area (Å²) in [6.07, 6.45) is 5.48. The molecule has 2 nitrogen and oxygen atoms in total. The van der Waals surface area contributed by atoms with Gasteiger partial charge in [0.05, 0.1) is 0 Å². The lowest BCUT2D eigenvalue weighted by atomic mass is 9.82. The van der Waals surface area contributed by atoms with Gasteiger partial charge >= 0.3 is 0 Å². The van der Waals surface area contributed by atoms with E-state index in [-0.39, 0.29) is 0 Å². The molecule has 1 saturated carbocycles. The second-order valence-corrected chi connectivity index (χ2v) is 5.52. The van der Waals surface area contributed by atoms with E-state index in [9.17, 15) is 5.11 Å². The molecule has 0 spiro atoms. The summed E-state index contributed by atoms with van der Waals surface area (Å²) in [6, 6.07) is 5.73. The standard InChI is InChI=1S/C15H23NO/c1-11-4-3-5-13(8-11)10-16-14-6-7-15(17)12(2)9-14/h6-7,9,11,13,16-17H,3-5,8,10H2,1-2H3. The van der Waals surface area contributed by atoms with Crippen molar-refractivity contribution in [3.63, 3.8) is 0 Å². The molecule has 94 valence electrons. The lowest BCUT2D eigenvalue weighted by Gasteiger charge is -2.27. The van der Waals surface area contributed by atoms with E-state index < -0.39 is 0 Å². The molecule has 2 N–H and O–H groups in total. The molecule has 0 heterocycles. The first-order valence-corrected chi connectivity index (χ1v) is 6.68. The van der Waals surface area contributed by atoms with Gasteiger partial charge in [0.2, 0.25) is 0 Å². The lowest BCUT2D eigenvalue weighted by molar-refractivity contribution is 0.293. The zero-order valence-corrected chi connectivity index (χ0v) is 10.9. The molecule has 0 aromatic heterocycles. The van der Waals surface area contributed by atoms with Crippen molar-refractivity contribution in [3.05, 3.63) is 23.8 Å². The van der Waals surface area contributed by atoms with Crippen molar-refractivity contribution in [2.75, 3.05) is 11.9 Å². The highest BCUT2D eigenvalue weighted by Crippen LogP contribution is 2.29. The number of rotatable bonds is 3. The average molecular weight is 233 g/mol. The van der Waals surface area contributed by atoms with Crippen LogP contribution < -0.4 is 5.32 Å². The molecule has 0 radical (unpaired) electrons. The van der Waals surface area contributed by atoms with Gasteiger partial charge in [-0.3, -0.25) is 0 Å². The fourth-order valence-electron chi connectivity index (χ4n) is 2.77. The highest BCUT2D eigenvalue weighted by molar-refractivity contribution is 5.50. The summed E-state index contributed by atoms with van der Waals surface area (Å²) in [6.45, 7) is 5.36. The van der Waals surface area contributed by atoms with Crippen LogP contribution >= 0.6 is 0 Å². The molecule has 2 rings (SSSR count). The predicted octanol–water partition coefficient (Wildman–Crippen LogP) is 3.94. The van der Waals surface area contributed by atoms with Crippen LogP contribution in [0.15, 0.2) is 18.2 Å². The van der Waals surface area contributed by atoms with Gasteiger partial charge in [-0.05, 0) is 55.4 Å². The minimum Gasteiger partial charge on any atom is -0.508 e. The molecule has 0 bridgehead atoms. The van der Waals surface area contributed by atoms with Crippen LogP contribution in [0.25, 0.3) is 0 Å². The zero-order chi connectivity index (χ0) is 12.3. The molecule has 2 unspecified atom stereocenters. The maximum Gasteiger partial charge on any atom is 0.118 e. The van der Waals surface area contributed by atoms with E-state index in [0.717, 1.165) is 29.6 Å². The smallest absolute Gasteiger partial charge is 0.118 e. The van der Waals surface area contributed by atoms with E-state index in [0.29, 0.717) is 5.75 Å². The number of hydrogen-bond donors (Lipinski definition) is 2. The molecular weight excluding hydrogens is 210 g/mol. The lowest BCUT2D eigenvalue weighted by Crippen LogP contribution is -2.20. The van der Waals surface area contributed by atoms with Gasteiger partial charge in [-0.25, -0.2) is 0 Å². The van der Waals surface area contributed by atoms with Crippen LogP contribution in [0.4, 0.5) is 5.69 Å². The van der Waals surface area contributed by atoms with Crippen LogP contribution in [0, 0.1) is 18.8 Å². The Labute approximate surface area is 104 Å². The number of anilines is 1. The SMILES string of the molecule is Cc1cc(NCC2CCCC(C)C2)ccc1O. The zero-order valence-electron chi connectivity index (χ0n) is 10.9. The van der Waals surface area contributed by atoms with Crippen molar-refractivity contribution in [3.8, 4) is 5.75 Å². The summed E-state index contributed by atoms with van der Waals surface area (Å²) in [5, 5.41) is 13.0. The number of hydrogen-bond acceptors (Lipinski definition) is 2. The summed E-state index contributed by atoms with van der Waals surface area (Å²) >= 11 is 0. The Kier molecular flexibility index (Phi) is 3.93. The number of phenols is 1. The fourth-order valence-corrected chi connectivity index (χ4v) is 2.77. The Hall–Kier alpha value is -1.18. The summed E-state index contributed by atoms with van der Waals surface area (Å²) in [4.78, 5) is 0. The Balaban J connectivity index is 1.86. The molecule has 17 heavy (non-hydrogen) atoms. The van der Waals surface area contributed by atoms with Gasteiger partial charge in [0, 0.05) is 12.2 Å². The maximum absolute atomic E-state index is 9.47. The van der Waals surface area contributed by atoms with Gasteiger partial charge in [-0.15, -0.1) is 0 Å². The molecule has 1 aliphatic carbocycles. The second kappa shape index (κ2) is 5.44. The number of nitrogens with one attached hydrogen (secondary N) is 1. The molecule has 0 aliphatic heterocycles. The van der Waals surface area contributed by atoms with Crippen molar-refractivity contribution in [2.45, 2.75) is 39.5 Å². The summed E-state index contributed by atoms with van der Waals surface area (Å²) in [5.74, 6) is 2.08. The number of benzene rings is 1. The molecular formula is C15H23NO. The predicted molar refractivity (Wildman–Crippen MR) is 72.5 cm³/mol. The van der Waals surface area contributed by atoms with Crippen molar-refractivity contribution in [1.29, 1.82) is 0 Å². The van der Waals surface area contributed by atoms with E-state index >= 15 is 0 Å². The van der Waals surface area contributed by atoms with Crippen molar-refractivity contribution >= 4 is 5.69 Å². The molecule has 0 saturated heterocycles. The van der Waals surface area contributed by atoms with Crippen molar-refractivity contribution in [1.82, 2.24) is 0 Å². The minimum atomic E-state index is 0.377. The topological polar surface area (TPSA) is 32.3 Å². The minimum absolute atomic E-state index is 0.377. The van der Waals surface area contributed by atoms with Gasteiger partial charge < -0.3 is 10.4 Å². The van der Waals surface area contributed by atoms with Crippen LogP contribution in [0.1, 0.15) is 38.2 Å². The number of aryl methyl sites for hydroxylation is 1. The normalized spacial score (nSPS) is 24.6. The van der Waals surface area contributed by atoms with Crippen LogP contribution in [0.5, 0.6) is 5.75 Å². The van der Waals surface area contributed by atoms with Crippen molar-refractivity contribution in [2.24, 2.45) is 11.8 Å². The van der Waals surface area contributed by atoms with Crippen LogP contribution in [0.2, 0.25) is 0 Å². The molecule has 1 aliphatic rings. The Bertz CT molecular complexity index is 375. The van der Waals surface area contributed by atoms with E-state index in [2.05, 4.69) is 12.2 Å². The molecule has 1 fully saturated rings. The van der Waals surface area contributed by atoms with Gasteiger partial charge in [0.1, 0.15) is 5.75 Å². The van der Waals surface area contributed by atoms with Gasteiger partial charge in [-0.1, -0.05) is 19.8 Å². The third kappa shape index (κ3) is 3.39. The summed E-state index contributed by atoms with van der Waals surface area (Å²) in [5.41, 5.74) is 2.06. The van der Waals surface area contributed by atoms with Gasteiger partial charge in [-0.2, -0.15) is 0 Å². The van der Waals surface area contributed by atoms with Crippen LogP contribution in [-0.2, 0) is 0 Å². The monoisotopic (exact) mass is 233 g/mol.